The zero-order valence-electron chi connectivity index (χ0n) is 13.4. The summed E-state index contributed by atoms with van der Waals surface area (Å²) in [6.45, 7) is 1.66. The first-order valence-electron chi connectivity index (χ1n) is 7.49. The number of rotatable bonds is 6. The van der Waals surface area contributed by atoms with Gasteiger partial charge in [-0.1, -0.05) is 12.1 Å². The lowest BCUT2D eigenvalue weighted by molar-refractivity contribution is -0.870. The van der Waals surface area contributed by atoms with Gasteiger partial charge in [0.15, 0.2) is 0 Å². The van der Waals surface area contributed by atoms with Gasteiger partial charge in [-0.3, -0.25) is 9.59 Å². The van der Waals surface area contributed by atoms with E-state index in [0.29, 0.717) is 6.54 Å². The Kier molecular flexibility index (Phi) is 5.47. The molecule has 1 aliphatic rings. The van der Waals surface area contributed by atoms with E-state index in [1.807, 2.05) is 24.3 Å². The Hall–Kier alpha value is -1.53. The van der Waals surface area contributed by atoms with Gasteiger partial charge in [0, 0.05) is 24.3 Å². The van der Waals surface area contributed by atoms with E-state index in [4.69, 9.17) is 0 Å². The van der Waals surface area contributed by atoms with Gasteiger partial charge >= 0.3 is 0 Å². The highest BCUT2D eigenvalue weighted by molar-refractivity contribution is 8.01. The van der Waals surface area contributed by atoms with E-state index in [1.54, 1.807) is 0 Å². The summed E-state index contributed by atoms with van der Waals surface area (Å²) in [5, 5.41) is 5.41. The molecule has 120 valence electrons. The van der Waals surface area contributed by atoms with Gasteiger partial charge in [0.25, 0.3) is 0 Å². The molecular formula is C16H24N3O2S+. The predicted molar refractivity (Wildman–Crippen MR) is 89.9 cm³/mol. The molecule has 0 spiro atoms. The minimum Gasteiger partial charge on any atom is -0.356 e. The van der Waals surface area contributed by atoms with Crippen LogP contribution >= 0.6 is 11.8 Å². The molecule has 2 amide bonds. The molecule has 0 saturated heterocycles. The van der Waals surface area contributed by atoms with Crippen LogP contribution in [-0.2, 0) is 9.59 Å². The lowest BCUT2D eigenvalue weighted by Crippen LogP contribution is -2.38. The van der Waals surface area contributed by atoms with Crippen molar-refractivity contribution in [3.8, 4) is 0 Å². The molecule has 0 radical (unpaired) electrons. The average Bonchev–Trinajstić information content (AvgIpc) is 2.43. The number of hydrogen-bond donors (Lipinski definition) is 2. The number of amides is 2. The molecule has 1 aliphatic heterocycles. The van der Waals surface area contributed by atoms with Crippen LogP contribution in [0.15, 0.2) is 29.2 Å². The van der Waals surface area contributed by atoms with Gasteiger partial charge in [-0.25, -0.2) is 0 Å². The first-order valence-corrected chi connectivity index (χ1v) is 8.37. The third-order valence-corrected chi connectivity index (χ3v) is 4.68. The minimum atomic E-state index is -0.353. The number of carbonyl (C=O) groups is 2. The quantitative estimate of drug-likeness (QED) is 0.619. The summed E-state index contributed by atoms with van der Waals surface area (Å²) in [7, 11) is 6.38. The number of nitrogens with zero attached hydrogens (tertiary/aromatic N) is 1. The van der Waals surface area contributed by atoms with Crippen molar-refractivity contribution in [3.05, 3.63) is 24.3 Å². The second kappa shape index (κ2) is 7.15. The number of thioether (sulfide) groups is 1. The van der Waals surface area contributed by atoms with Gasteiger partial charge in [-0.15, -0.1) is 11.8 Å². The summed E-state index contributed by atoms with van der Waals surface area (Å²) >= 11 is 1.46. The van der Waals surface area contributed by atoms with E-state index >= 15 is 0 Å². The highest BCUT2D eigenvalue weighted by atomic mass is 32.2. The maximum Gasteiger partial charge on any atom is 0.238 e. The Labute approximate surface area is 136 Å². The molecule has 0 bridgehead atoms. The molecule has 0 aromatic heterocycles. The third kappa shape index (κ3) is 5.03. The molecule has 0 aliphatic carbocycles. The van der Waals surface area contributed by atoms with E-state index in [2.05, 4.69) is 31.8 Å². The van der Waals surface area contributed by atoms with Crippen LogP contribution in [0.4, 0.5) is 5.69 Å². The van der Waals surface area contributed by atoms with Crippen molar-refractivity contribution in [2.45, 2.75) is 23.0 Å². The van der Waals surface area contributed by atoms with E-state index < -0.39 is 0 Å². The lowest BCUT2D eigenvalue weighted by Gasteiger charge is -2.24. The van der Waals surface area contributed by atoms with Crippen LogP contribution in [0.1, 0.15) is 12.8 Å². The van der Waals surface area contributed by atoms with Crippen LogP contribution in [0.5, 0.6) is 0 Å². The first-order chi connectivity index (χ1) is 10.3. The van der Waals surface area contributed by atoms with E-state index in [-0.39, 0.29) is 23.5 Å². The molecule has 6 heteroatoms. The van der Waals surface area contributed by atoms with E-state index in [1.165, 1.54) is 11.8 Å². The molecule has 0 saturated carbocycles. The van der Waals surface area contributed by atoms with Crippen molar-refractivity contribution in [1.29, 1.82) is 0 Å². The molecule has 1 atom stereocenters. The number of carbonyl (C=O) groups excluding carboxylic acids is 2. The Morgan fingerprint density at radius 3 is 2.77 bits per heavy atom. The number of fused-ring (bicyclic) bond motifs is 1. The highest BCUT2D eigenvalue weighted by Crippen LogP contribution is 2.36. The van der Waals surface area contributed by atoms with Crippen molar-refractivity contribution in [2.24, 2.45) is 0 Å². The Bertz CT molecular complexity index is 555. The maximum atomic E-state index is 12.0. The first kappa shape index (κ1) is 16.8. The standard InChI is InChI=1S/C16H23N3O2S/c1-19(2,3)10-6-9-17-15(20)11-14-16(21)18-12-7-4-5-8-13(12)22-14/h4-5,7-8,14H,6,9-11H2,1-3H3,(H-,17,18,20,21)/p+1/t14-/m0/s1. The zero-order chi connectivity index (χ0) is 16.2. The molecule has 1 aromatic carbocycles. The number of benzene rings is 1. The topological polar surface area (TPSA) is 58.2 Å². The van der Waals surface area contributed by atoms with Crippen LogP contribution in [0.3, 0.4) is 0 Å². The van der Waals surface area contributed by atoms with Crippen molar-refractivity contribution in [2.75, 3.05) is 39.5 Å². The van der Waals surface area contributed by atoms with Gasteiger partial charge in [-0.2, -0.15) is 0 Å². The van der Waals surface area contributed by atoms with Gasteiger partial charge in [0.05, 0.1) is 38.6 Å². The van der Waals surface area contributed by atoms with Crippen molar-refractivity contribution < 1.29 is 14.1 Å². The SMILES string of the molecule is C[N+](C)(C)CCCNC(=O)C[C@@H]1Sc2ccccc2NC1=O. The van der Waals surface area contributed by atoms with Gasteiger partial charge in [0.2, 0.25) is 11.8 Å². The van der Waals surface area contributed by atoms with Crippen LogP contribution in [0, 0.1) is 0 Å². The monoisotopic (exact) mass is 322 g/mol. The maximum absolute atomic E-state index is 12.0. The summed E-state index contributed by atoms with van der Waals surface area (Å²) in [6, 6.07) is 7.67. The van der Waals surface area contributed by atoms with Crippen molar-refractivity contribution in [1.82, 2.24) is 5.32 Å². The number of hydrogen-bond acceptors (Lipinski definition) is 3. The smallest absolute Gasteiger partial charge is 0.238 e. The number of quaternary nitrogens is 1. The summed E-state index contributed by atoms with van der Waals surface area (Å²) in [4.78, 5) is 25.0. The van der Waals surface area contributed by atoms with Crippen LogP contribution in [0.2, 0.25) is 0 Å². The molecule has 1 heterocycles. The number of nitrogens with one attached hydrogen (secondary N) is 2. The third-order valence-electron chi connectivity index (χ3n) is 3.41. The van der Waals surface area contributed by atoms with Crippen LogP contribution in [0.25, 0.3) is 0 Å². The van der Waals surface area contributed by atoms with Crippen molar-refractivity contribution in [3.63, 3.8) is 0 Å². The fraction of sp³-hybridized carbons (Fsp3) is 0.500. The zero-order valence-corrected chi connectivity index (χ0v) is 14.2. The van der Waals surface area contributed by atoms with Crippen LogP contribution < -0.4 is 10.6 Å². The predicted octanol–water partition coefficient (Wildman–Crippen LogP) is 1.70. The van der Waals surface area contributed by atoms with Gasteiger partial charge in [0.1, 0.15) is 0 Å². The van der Waals surface area contributed by atoms with Gasteiger partial charge < -0.3 is 15.1 Å². The number of anilines is 1. The average molecular weight is 322 g/mol. The van der Waals surface area contributed by atoms with E-state index in [0.717, 1.165) is 28.0 Å². The molecular weight excluding hydrogens is 298 g/mol. The molecule has 22 heavy (non-hydrogen) atoms. The summed E-state index contributed by atoms with van der Waals surface area (Å²) < 4.78 is 0.882. The fourth-order valence-electron chi connectivity index (χ4n) is 2.25. The van der Waals surface area contributed by atoms with Crippen LogP contribution in [-0.4, -0.2) is 55.8 Å². The molecule has 2 N–H and O–H groups in total. The van der Waals surface area contributed by atoms with E-state index in [9.17, 15) is 9.59 Å². The molecule has 0 unspecified atom stereocenters. The highest BCUT2D eigenvalue weighted by Gasteiger charge is 2.28. The number of para-hydroxylation sites is 1. The summed E-state index contributed by atoms with van der Waals surface area (Å²) in [5.41, 5.74) is 0.831. The van der Waals surface area contributed by atoms with Crippen molar-refractivity contribution >= 4 is 29.3 Å². The Morgan fingerprint density at radius 1 is 1.32 bits per heavy atom. The van der Waals surface area contributed by atoms with Gasteiger partial charge in [-0.05, 0) is 12.1 Å². The lowest BCUT2D eigenvalue weighted by atomic mass is 10.2. The normalized spacial score (nSPS) is 17.6. The minimum absolute atomic E-state index is 0.0616. The fourth-order valence-corrected chi connectivity index (χ4v) is 3.36. The molecule has 1 aromatic rings. The second-order valence-corrected chi connectivity index (χ2v) is 7.76. The molecule has 5 nitrogen and oxygen atoms in total. The second-order valence-electron chi connectivity index (χ2n) is 6.51. The largest absolute Gasteiger partial charge is 0.356 e. The molecule has 0 fully saturated rings. The molecule has 2 rings (SSSR count). The summed E-state index contributed by atoms with van der Waals surface area (Å²) in [6.07, 6.45) is 1.15. The Morgan fingerprint density at radius 2 is 2.05 bits per heavy atom. The summed E-state index contributed by atoms with van der Waals surface area (Å²) in [5.74, 6) is -0.154. The Balaban J connectivity index is 1.79.